The Morgan fingerprint density at radius 1 is 1.45 bits per heavy atom. The van der Waals surface area contributed by atoms with Gasteiger partial charge in [0.1, 0.15) is 6.07 Å². The lowest BCUT2D eigenvalue weighted by molar-refractivity contribution is 0.0959. The van der Waals surface area contributed by atoms with Crippen molar-refractivity contribution in [1.29, 1.82) is 5.26 Å². The Bertz CT molecular complexity index is 705. The highest BCUT2D eigenvalue weighted by atomic mass is 32.1. The molecule has 22 heavy (non-hydrogen) atoms. The molecule has 1 N–H and O–H groups in total. The molecule has 1 amide bonds. The van der Waals surface area contributed by atoms with E-state index in [1.54, 1.807) is 30.3 Å². The fourth-order valence-electron chi connectivity index (χ4n) is 1.62. The first-order valence-electron chi connectivity index (χ1n) is 6.29. The fraction of sp³-hybridized carbons (Fsp3) is 0.133. The summed E-state index contributed by atoms with van der Waals surface area (Å²) in [5.74, 6) is 0.708. The van der Waals surface area contributed by atoms with E-state index < -0.39 is 0 Å². The van der Waals surface area contributed by atoms with E-state index in [4.69, 9.17) is 14.7 Å². The molecule has 0 bridgehead atoms. The van der Waals surface area contributed by atoms with E-state index >= 15 is 0 Å². The van der Waals surface area contributed by atoms with Crippen LogP contribution in [0.15, 0.2) is 40.8 Å². The lowest BCUT2D eigenvalue weighted by Crippen LogP contribution is -2.16. The van der Waals surface area contributed by atoms with Crippen LogP contribution in [-0.4, -0.2) is 25.8 Å². The van der Waals surface area contributed by atoms with E-state index in [1.165, 1.54) is 24.7 Å². The molecular formula is C15H13N3O3S. The summed E-state index contributed by atoms with van der Waals surface area (Å²) in [4.78, 5) is 12.3. The molecule has 1 aromatic carbocycles. The third-order valence-electron chi connectivity index (χ3n) is 2.60. The summed E-state index contributed by atoms with van der Waals surface area (Å²) in [6, 6.07) is 10.5. The second-order valence-corrected chi connectivity index (χ2v) is 4.98. The van der Waals surface area contributed by atoms with Crippen molar-refractivity contribution >= 4 is 23.5 Å². The minimum Gasteiger partial charge on any atom is -0.493 e. The second kappa shape index (κ2) is 7.81. The van der Waals surface area contributed by atoms with Crippen molar-refractivity contribution in [3.8, 4) is 17.6 Å². The molecule has 0 atom stereocenters. The van der Waals surface area contributed by atoms with E-state index in [2.05, 4.69) is 10.5 Å². The van der Waals surface area contributed by atoms with Gasteiger partial charge in [-0.05, 0) is 35.2 Å². The Labute approximate surface area is 131 Å². The Morgan fingerprint density at radius 2 is 2.32 bits per heavy atom. The van der Waals surface area contributed by atoms with E-state index in [1.807, 2.05) is 11.4 Å². The van der Waals surface area contributed by atoms with Crippen molar-refractivity contribution in [1.82, 2.24) is 5.43 Å². The molecule has 2 rings (SSSR count). The minimum atomic E-state index is -0.257. The van der Waals surface area contributed by atoms with Gasteiger partial charge in [0.25, 0.3) is 5.91 Å². The predicted molar refractivity (Wildman–Crippen MR) is 83.5 cm³/mol. The number of benzene rings is 1. The number of rotatable bonds is 6. The third-order valence-corrected chi connectivity index (χ3v) is 3.47. The van der Waals surface area contributed by atoms with E-state index in [9.17, 15) is 4.79 Å². The maximum Gasteiger partial charge on any atom is 0.281 e. The van der Waals surface area contributed by atoms with Gasteiger partial charge in [0.2, 0.25) is 0 Å². The van der Waals surface area contributed by atoms with Crippen LogP contribution in [0.25, 0.3) is 0 Å². The summed E-state index contributed by atoms with van der Waals surface area (Å²) in [7, 11) is 1.51. The largest absolute Gasteiger partial charge is 0.493 e. The molecule has 0 aliphatic carbocycles. The highest BCUT2D eigenvalue weighted by Crippen LogP contribution is 2.27. The smallest absolute Gasteiger partial charge is 0.281 e. The summed E-state index contributed by atoms with van der Waals surface area (Å²) < 4.78 is 10.4. The van der Waals surface area contributed by atoms with Crippen LogP contribution in [0.4, 0.5) is 0 Å². The number of nitrogens with one attached hydrogen (secondary N) is 1. The molecule has 0 saturated carbocycles. The maximum atomic E-state index is 11.7. The topological polar surface area (TPSA) is 83.7 Å². The second-order valence-electron chi connectivity index (χ2n) is 4.03. The molecule has 0 fully saturated rings. The van der Waals surface area contributed by atoms with Crippen molar-refractivity contribution in [2.24, 2.45) is 5.10 Å². The number of nitrogens with zero attached hydrogens (tertiary/aromatic N) is 2. The Morgan fingerprint density at radius 3 is 3.00 bits per heavy atom. The van der Waals surface area contributed by atoms with Crippen molar-refractivity contribution < 1.29 is 14.3 Å². The molecule has 0 unspecified atom stereocenters. The van der Waals surface area contributed by atoms with E-state index in [-0.39, 0.29) is 12.5 Å². The van der Waals surface area contributed by atoms with Crippen LogP contribution in [0.1, 0.15) is 15.2 Å². The van der Waals surface area contributed by atoms with E-state index in [0.717, 1.165) is 5.56 Å². The molecule has 1 aromatic heterocycles. The molecule has 0 aliphatic rings. The molecule has 0 aliphatic heterocycles. The van der Waals surface area contributed by atoms with Crippen LogP contribution in [0.5, 0.6) is 11.5 Å². The van der Waals surface area contributed by atoms with Crippen LogP contribution in [0.2, 0.25) is 0 Å². The van der Waals surface area contributed by atoms with Gasteiger partial charge in [-0.15, -0.1) is 11.3 Å². The number of amides is 1. The van der Waals surface area contributed by atoms with Gasteiger partial charge >= 0.3 is 0 Å². The van der Waals surface area contributed by atoms with Gasteiger partial charge in [-0.2, -0.15) is 10.4 Å². The van der Waals surface area contributed by atoms with Gasteiger partial charge in [-0.3, -0.25) is 4.79 Å². The van der Waals surface area contributed by atoms with Crippen molar-refractivity contribution in [3.05, 3.63) is 46.2 Å². The van der Waals surface area contributed by atoms with Crippen LogP contribution >= 0.6 is 11.3 Å². The predicted octanol–water partition coefficient (Wildman–Crippen LogP) is 2.42. The molecule has 0 spiro atoms. The number of methoxy groups -OCH3 is 1. The molecule has 112 valence electrons. The van der Waals surface area contributed by atoms with Crippen LogP contribution in [0.3, 0.4) is 0 Å². The number of carbonyl (C=O) groups is 1. The van der Waals surface area contributed by atoms with Gasteiger partial charge < -0.3 is 9.47 Å². The van der Waals surface area contributed by atoms with Crippen LogP contribution in [-0.2, 0) is 0 Å². The molecule has 2 aromatic rings. The van der Waals surface area contributed by atoms with Crippen molar-refractivity contribution in [3.63, 3.8) is 0 Å². The zero-order chi connectivity index (χ0) is 15.8. The average molecular weight is 315 g/mol. The molecular weight excluding hydrogens is 302 g/mol. The molecule has 7 heteroatoms. The highest BCUT2D eigenvalue weighted by molar-refractivity contribution is 7.12. The summed E-state index contributed by atoms with van der Waals surface area (Å²) >= 11 is 1.34. The zero-order valence-corrected chi connectivity index (χ0v) is 12.6. The van der Waals surface area contributed by atoms with Gasteiger partial charge in [0.15, 0.2) is 18.1 Å². The van der Waals surface area contributed by atoms with Crippen LogP contribution < -0.4 is 14.9 Å². The SMILES string of the molecule is COc1cc(/C=N/NC(=O)c2cccs2)ccc1OCC#N. The average Bonchev–Trinajstić information content (AvgIpc) is 3.07. The summed E-state index contributed by atoms with van der Waals surface area (Å²) in [6.45, 7) is -0.0549. The number of thiophene rings is 1. The first kappa shape index (κ1) is 15.5. The molecule has 0 radical (unpaired) electrons. The van der Waals surface area contributed by atoms with Gasteiger partial charge in [0, 0.05) is 0 Å². The Hall–Kier alpha value is -2.85. The van der Waals surface area contributed by atoms with E-state index in [0.29, 0.717) is 16.4 Å². The summed E-state index contributed by atoms with van der Waals surface area (Å²) in [6.07, 6.45) is 1.50. The fourth-order valence-corrected chi connectivity index (χ4v) is 2.24. The Kier molecular flexibility index (Phi) is 5.51. The van der Waals surface area contributed by atoms with Crippen LogP contribution in [0, 0.1) is 11.3 Å². The maximum absolute atomic E-state index is 11.7. The number of ether oxygens (including phenoxy) is 2. The number of nitriles is 1. The molecule has 6 nitrogen and oxygen atoms in total. The third kappa shape index (κ3) is 4.07. The first-order chi connectivity index (χ1) is 10.7. The molecule has 1 heterocycles. The number of carbonyl (C=O) groups excluding carboxylic acids is 1. The van der Waals surface area contributed by atoms with Crippen molar-refractivity contribution in [2.75, 3.05) is 13.7 Å². The zero-order valence-electron chi connectivity index (χ0n) is 11.8. The molecule has 0 saturated heterocycles. The normalized spacial score (nSPS) is 10.2. The van der Waals surface area contributed by atoms with Gasteiger partial charge in [-0.1, -0.05) is 6.07 Å². The lowest BCUT2D eigenvalue weighted by Gasteiger charge is -2.08. The first-order valence-corrected chi connectivity index (χ1v) is 7.17. The quantitative estimate of drug-likeness (QED) is 0.655. The van der Waals surface area contributed by atoms with Gasteiger partial charge in [-0.25, -0.2) is 5.43 Å². The number of hydrogen-bond acceptors (Lipinski definition) is 6. The number of hydrazone groups is 1. The highest BCUT2D eigenvalue weighted by Gasteiger charge is 2.06. The summed E-state index contributed by atoms with van der Waals surface area (Å²) in [5.41, 5.74) is 3.18. The minimum absolute atomic E-state index is 0.0549. The lowest BCUT2D eigenvalue weighted by atomic mass is 10.2. The standard InChI is InChI=1S/C15H13N3O3S/c1-20-13-9-11(4-5-12(13)21-7-6-16)10-17-18-15(19)14-3-2-8-22-14/h2-5,8-10H,7H2,1H3,(H,18,19)/b17-10+. The van der Waals surface area contributed by atoms with Crippen molar-refractivity contribution in [2.45, 2.75) is 0 Å². The number of hydrogen-bond donors (Lipinski definition) is 1. The summed E-state index contributed by atoms with van der Waals surface area (Å²) in [5, 5.41) is 14.2. The Balaban J connectivity index is 2.02. The van der Waals surface area contributed by atoms with Gasteiger partial charge in [0.05, 0.1) is 18.2 Å². The monoisotopic (exact) mass is 315 g/mol.